The average molecular weight is 193 g/mol. The van der Waals surface area contributed by atoms with Gasteiger partial charge in [-0.25, -0.2) is 0 Å². The highest BCUT2D eigenvalue weighted by Gasteiger charge is 2.29. The van der Waals surface area contributed by atoms with E-state index in [1.165, 1.54) is 19.3 Å². The Bertz CT molecular complexity index is 313. The fraction of sp³-hybridized carbons (Fsp3) is 0.800. The minimum atomic E-state index is 0.606. The third-order valence-corrected chi connectivity index (χ3v) is 3.05. The summed E-state index contributed by atoms with van der Waals surface area (Å²) in [5.74, 6) is 3.07. The highest BCUT2D eigenvalue weighted by molar-refractivity contribution is 5.03. The summed E-state index contributed by atoms with van der Waals surface area (Å²) < 4.78 is 5.24. The Morgan fingerprint density at radius 1 is 1.36 bits per heavy atom. The Balaban J connectivity index is 1.64. The van der Waals surface area contributed by atoms with E-state index < -0.39 is 0 Å². The fourth-order valence-electron chi connectivity index (χ4n) is 1.99. The van der Waals surface area contributed by atoms with Crippen molar-refractivity contribution in [2.75, 3.05) is 13.1 Å². The van der Waals surface area contributed by atoms with Crippen molar-refractivity contribution in [2.45, 2.75) is 31.6 Å². The van der Waals surface area contributed by atoms with E-state index in [0.717, 1.165) is 31.2 Å². The van der Waals surface area contributed by atoms with Crippen molar-refractivity contribution in [1.82, 2.24) is 15.5 Å². The van der Waals surface area contributed by atoms with E-state index >= 15 is 0 Å². The highest BCUT2D eigenvalue weighted by Crippen LogP contribution is 2.38. The predicted octanol–water partition coefficient (Wildman–Crippen LogP) is 1.10. The van der Waals surface area contributed by atoms with Gasteiger partial charge in [-0.3, -0.25) is 0 Å². The molecule has 2 fully saturated rings. The topological polar surface area (TPSA) is 51.0 Å². The number of nitrogens with zero attached hydrogens (tertiary/aromatic N) is 2. The molecular formula is C10H15N3O. The monoisotopic (exact) mass is 193 g/mol. The lowest BCUT2D eigenvalue weighted by atomic mass is 10.1. The zero-order valence-electron chi connectivity index (χ0n) is 8.20. The summed E-state index contributed by atoms with van der Waals surface area (Å²) in [5, 5.41) is 7.36. The van der Waals surface area contributed by atoms with Crippen LogP contribution in [0.3, 0.4) is 0 Å². The first-order valence-corrected chi connectivity index (χ1v) is 5.45. The molecule has 4 nitrogen and oxygen atoms in total. The summed E-state index contributed by atoms with van der Waals surface area (Å²) in [6.07, 6.45) is 4.67. The Kier molecular flexibility index (Phi) is 2.01. The molecule has 2 aliphatic rings. The van der Waals surface area contributed by atoms with Crippen molar-refractivity contribution in [3.8, 4) is 0 Å². The molecule has 1 aromatic rings. The third-order valence-electron chi connectivity index (χ3n) is 3.05. The SMILES string of the molecule is C1C[C@@H](Cc2nc(C3CC3)no2)CN1. The lowest BCUT2D eigenvalue weighted by Crippen LogP contribution is -2.10. The second-order valence-corrected chi connectivity index (χ2v) is 4.38. The predicted molar refractivity (Wildman–Crippen MR) is 51.0 cm³/mol. The van der Waals surface area contributed by atoms with Crippen molar-refractivity contribution >= 4 is 0 Å². The summed E-state index contributed by atoms with van der Waals surface area (Å²) in [5.41, 5.74) is 0. The summed E-state index contributed by atoms with van der Waals surface area (Å²) in [6, 6.07) is 0. The fourth-order valence-corrected chi connectivity index (χ4v) is 1.99. The molecule has 0 unspecified atom stereocenters. The maximum absolute atomic E-state index is 5.24. The van der Waals surface area contributed by atoms with Crippen LogP contribution in [0, 0.1) is 5.92 Å². The molecule has 4 heteroatoms. The normalized spacial score (nSPS) is 27.0. The first-order valence-electron chi connectivity index (χ1n) is 5.45. The van der Waals surface area contributed by atoms with Gasteiger partial charge in [-0.1, -0.05) is 5.16 Å². The van der Waals surface area contributed by atoms with Crippen molar-refractivity contribution in [2.24, 2.45) is 5.92 Å². The van der Waals surface area contributed by atoms with Crippen LogP contribution in [0.1, 0.15) is 36.9 Å². The maximum Gasteiger partial charge on any atom is 0.226 e. The van der Waals surface area contributed by atoms with E-state index in [-0.39, 0.29) is 0 Å². The zero-order chi connectivity index (χ0) is 9.38. The van der Waals surface area contributed by atoms with Gasteiger partial charge in [0.2, 0.25) is 5.89 Å². The average Bonchev–Trinajstić information content (AvgIpc) is 2.75. The van der Waals surface area contributed by atoms with Crippen LogP contribution in [0.15, 0.2) is 4.52 Å². The third kappa shape index (κ3) is 1.66. The van der Waals surface area contributed by atoms with Crippen LogP contribution in [0.5, 0.6) is 0 Å². The molecule has 1 saturated heterocycles. The van der Waals surface area contributed by atoms with E-state index in [2.05, 4.69) is 15.5 Å². The number of hydrogen-bond acceptors (Lipinski definition) is 4. The molecule has 2 heterocycles. The van der Waals surface area contributed by atoms with Crippen LogP contribution < -0.4 is 5.32 Å². The van der Waals surface area contributed by atoms with Crippen molar-refractivity contribution in [3.63, 3.8) is 0 Å². The van der Waals surface area contributed by atoms with Gasteiger partial charge in [0, 0.05) is 12.3 Å². The molecular weight excluding hydrogens is 178 g/mol. The van der Waals surface area contributed by atoms with Crippen molar-refractivity contribution in [3.05, 3.63) is 11.7 Å². The van der Waals surface area contributed by atoms with Gasteiger partial charge in [0.1, 0.15) is 0 Å². The second kappa shape index (κ2) is 3.35. The van der Waals surface area contributed by atoms with Crippen LogP contribution in [0.25, 0.3) is 0 Å². The van der Waals surface area contributed by atoms with Gasteiger partial charge in [-0.15, -0.1) is 0 Å². The van der Waals surface area contributed by atoms with E-state index in [9.17, 15) is 0 Å². The first kappa shape index (κ1) is 8.41. The summed E-state index contributed by atoms with van der Waals surface area (Å²) >= 11 is 0. The number of aromatic nitrogens is 2. The molecule has 1 N–H and O–H groups in total. The minimum absolute atomic E-state index is 0.606. The smallest absolute Gasteiger partial charge is 0.226 e. The Labute approximate surface area is 83.1 Å². The maximum atomic E-state index is 5.24. The first-order chi connectivity index (χ1) is 6.92. The molecule has 1 aromatic heterocycles. The quantitative estimate of drug-likeness (QED) is 0.781. The summed E-state index contributed by atoms with van der Waals surface area (Å²) in [6.45, 7) is 2.23. The number of nitrogens with one attached hydrogen (secondary N) is 1. The van der Waals surface area contributed by atoms with Crippen molar-refractivity contribution < 1.29 is 4.52 Å². The van der Waals surface area contributed by atoms with Crippen LogP contribution in [-0.4, -0.2) is 23.2 Å². The van der Waals surface area contributed by atoms with E-state index in [1.54, 1.807) is 0 Å². The zero-order valence-corrected chi connectivity index (χ0v) is 8.20. The Hall–Kier alpha value is -0.900. The molecule has 76 valence electrons. The molecule has 1 saturated carbocycles. The standard InChI is InChI=1S/C10H15N3O/c1-2-8(1)10-12-9(14-13-10)5-7-3-4-11-6-7/h7-8,11H,1-6H2/t7-/m0/s1. The van der Waals surface area contributed by atoms with Gasteiger partial charge in [0.15, 0.2) is 5.82 Å². The Morgan fingerprint density at radius 3 is 3.00 bits per heavy atom. The lowest BCUT2D eigenvalue weighted by Gasteiger charge is -2.01. The highest BCUT2D eigenvalue weighted by atomic mass is 16.5. The largest absolute Gasteiger partial charge is 0.339 e. The Morgan fingerprint density at radius 2 is 2.29 bits per heavy atom. The summed E-state index contributed by atoms with van der Waals surface area (Å²) in [7, 11) is 0. The molecule has 14 heavy (non-hydrogen) atoms. The van der Waals surface area contributed by atoms with Gasteiger partial charge in [-0.05, 0) is 38.3 Å². The van der Waals surface area contributed by atoms with Gasteiger partial charge in [0.25, 0.3) is 0 Å². The van der Waals surface area contributed by atoms with Gasteiger partial charge < -0.3 is 9.84 Å². The number of hydrogen-bond donors (Lipinski definition) is 1. The lowest BCUT2D eigenvalue weighted by molar-refractivity contribution is 0.353. The molecule has 0 amide bonds. The molecule has 0 spiro atoms. The van der Waals surface area contributed by atoms with Gasteiger partial charge in [0.05, 0.1) is 0 Å². The van der Waals surface area contributed by atoms with Crippen LogP contribution in [0.2, 0.25) is 0 Å². The van der Waals surface area contributed by atoms with Gasteiger partial charge >= 0.3 is 0 Å². The van der Waals surface area contributed by atoms with Crippen molar-refractivity contribution in [1.29, 1.82) is 0 Å². The van der Waals surface area contributed by atoms with E-state index in [0.29, 0.717) is 11.8 Å². The molecule has 1 atom stereocenters. The van der Waals surface area contributed by atoms with Gasteiger partial charge in [-0.2, -0.15) is 4.98 Å². The summed E-state index contributed by atoms with van der Waals surface area (Å²) in [4.78, 5) is 4.43. The van der Waals surface area contributed by atoms with Crippen LogP contribution in [-0.2, 0) is 6.42 Å². The molecule has 0 radical (unpaired) electrons. The number of rotatable bonds is 3. The molecule has 0 bridgehead atoms. The second-order valence-electron chi connectivity index (χ2n) is 4.38. The molecule has 1 aliphatic carbocycles. The molecule has 3 rings (SSSR count). The minimum Gasteiger partial charge on any atom is -0.339 e. The van der Waals surface area contributed by atoms with Crippen LogP contribution >= 0.6 is 0 Å². The molecule has 0 aromatic carbocycles. The molecule has 1 aliphatic heterocycles. The van der Waals surface area contributed by atoms with Crippen LogP contribution in [0.4, 0.5) is 0 Å². The van der Waals surface area contributed by atoms with E-state index in [4.69, 9.17) is 4.52 Å². The van der Waals surface area contributed by atoms with E-state index in [1.807, 2.05) is 0 Å².